The van der Waals surface area contributed by atoms with Gasteiger partial charge in [0.2, 0.25) is 11.8 Å². The number of carbonyl (C=O) groups excluding carboxylic acids is 2. The Morgan fingerprint density at radius 1 is 1.11 bits per heavy atom. The number of ether oxygens (including phenoxy) is 1. The number of benzene rings is 1. The van der Waals surface area contributed by atoms with Crippen molar-refractivity contribution in [2.75, 3.05) is 19.7 Å². The summed E-state index contributed by atoms with van der Waals surface area (Å²) in [6.45, 7) is 1.70. The van der Waals surface area contributed by atoms with Crippen LogP contribution in [0.25, 0.3) is 11.3 Å². The van der Waals surface area contributed by atoms with Crippen molar-refractivity contribution in [3.63, 3.8) is 0 Å². The molecule has 2 aliphatic rings. The Bertz CT molecular complexity index is 877. The fourth-order valence-electron chi connectivity index (χ4n) is 4.08. The molecule has 1 aromatic carbocycles. The van der Waals surface area contributed by atoms with E-state index in [2.05, 4.69) is 0 Å². The highest BCUT2D eigenvalue weighted by Gasteiger charge is 2.32. The van der Waals surface area contributed by atoms with Crippen molar-refractivity contribution in [2.24, 2.45) is 11.7 Å². The Morgan fingerprint density at radius 3 is 2.68 bits per heavy atom. The summed E-state index contributed by atoms with van der Waals surface area (Å²) < 4.78 is 5.93. The van der Waals surface area contributed by atoms with Crippen molar-refractivity contribution in [3.05, 3.63) is 53.7 Å². The van der Waals surface area contributed by atoms with E-state index in [9.17, 15) is 9.59 Å². The molecular formula is C22H25N3O3. The Labute approximate surface area is 164 Å². The first-order valence-electron chi connectivity index (χ1n) is 9.89. The molecule has 0 radical (unpaired) electrons. The van der Waals surface area contributed by atoms with Gasteiger partial charge >= 0.3 is 0 Å². The summed E-state index contributed by atoms with van der Waals surface area (Å²) in [5, 5.41) is 0. The molecule has 146 valence electrons. The molecule has 6 heteroatoms. The predicted molar refractivity (Wildman–Crippen MR) is 105 cm³/mol. The van der Waals surface area contributed by atoms with E-state index in [1.54, 1.807) is 18.2 Å². The highest BCUT2D eigenvalue weighted by atomic mass is 16.5. The number of hydrogen-bond donors (Lipinski definition) is 1. The first-order chi connectivity index (χ1) is 13.6. The quantitative estimate of drug-likeness (QED) is 0.885. The molecule has 1 aliphatic carbocycles. The molecular weight excluding hydrogens is 354 g/mol. The maximum atomic E-state index is 12.8. The third-order valence-electron chi connectivity index (χ3n) is 5.63. The van der Waals surface area contributed by atoms with E-state index in [4.69, 9.17) is 15.5 Å². The fourth-order valence-corrected chi connectivity index (χ4v) is 4.08. The van der Waals surface area contributed by atoms with Crippen LogP contribution >= 0.6 is 0 Å². The average molecular weight is 379 g/mol. The summed E-state index contributed by atoms with van der Waals surface area (Å²) in [7, 11) is 0. The molecule has 0 bridgehead atoms. The van der Waals surface area contributed by atoms with E-state index in [0.29, 0.717) is 25.3 Å². The van der Waals surface area contributed by atoms with Gasteiger partial charge in [-0.2, -0.15) is 0 Å². The molecule has 0 spiro atoms. The van der Waals surface area contributed by atoms with Crippen molar-refractivity contribution in [3.8, 4) is 11.3 Å². The highest BCUT2D eigenvalue weighted by Crippen LogP contribution is 2.29. The SMILES string of the molecule is NC(=O)c1cccc(-c2cccc([C@@H]3CN(C(=O)C4CCCC4)CCO3)n2)c1. The van der Waals surface area contributed by atoms with Crippen LogP contribution < -0.4 is 5.73 Å². The van der Waals surface area contributed by atoms with E-state index in [-0.39, 0.29) is 17.9 Å². The molecule has 1 saturated heterocycles. The minimum atomic E-state index is -0.463. The van der Waals surface area contributed by atoms with Crippen LogP contribution in [0, 0.1) is 5.92 Å². The Kier molecular flexibility index (Phi) is 5.39. The largest absolute Gasteiger partial charge is 0.368 e. The number of nitrogens with zero attached hydrogens (tertiary/aromatic N) is 2. The molecule has 2 amide bonds. The van der Waals surface area contributed by atoms with Crippen LogP contribution in [0.2, 0.25) is 0 Å². The number of primary amides is 1. The molecule has 4 rings (SSSR count). The van der Waals surface area contributed by atoms with Crippen LogP contribution in [0.15, 0.2) is 42.5 Å². The second-order valence-corrected chi connectivity index (χ2v) is 7.52. The van der Waals surface area contributed by atoms with Crippen molar-refractivity contribution in [1.82, 2.24) is 9.88 Å². The zero-order valence-electron chi connectivity index (χ0n) is 15.8. The molecule has 2 heterocycles. The minimum Gasteiger partial charge on any atom is -0.368 e. The van der Waals surface area contributed by atoms with Gasteiger partial charge in [-0.05, 0) is 37.1 Å². The van der Waals surface area contributed by atoms with E-state index >= 15 is 0 Å². The highest BCUT2D eigenvalue weighted by molar-refractivity contribution is 5.94. The lowest BCUT2D eigenvalue weighted by molar-refractivity contribution is -0.143. The molecule has 28 heavy (non-hydrogen) atoms. The summed E-state index contributed by atoms with van der Waals surface area (Å²) in [6.07, 6.45) is 4.07. The second-order valence-electron chi connectivity index (χ2n) is 7.52. The monoisotopic (exact) mass is 379 g/mol. The molecule has 0 unspecified atom stereocenters. The summed E-state index contributed by atoms with van der Waals surface area (Å²) in [5.41, 5.74) is 8.21. The van der Waals surface area contributed by atoms with Crippen LogP contribution in [0.4, 0.5) is 0 Å². The lowest BCUT2D eigenvalue weighted by atomic mass is 10.0. The van der Waals surface area contributed by atoms with Crippen molar-refractivity contribution >= 4 is 11.8 Å². The topological polar surface area (TPSA) is 85.5 Å². The maximum Gasteiger partial charge on any atom is 0.248 e. The third kappa shape index (κ3) is 3.92. The van der Waals surface area contributed by atoms with Crippen LogP contribution in [-0.4, -0.2) is 41.4 Å². The van der Waals surface area contributed by atoms with Gasteiger partial charge in [-0.3, -0.25) is 9.59 Å². The zero-order chi connectivity index (χ0) is 19.5. The number of carbonyl (C=O) groups is 2. The number of morpholine rings is 1. The zero-order valence-corrected chi connectivity index (χ0v) is 15.8. The number of rotatable bonds is 4. The van der Waals surface area contributed by atoms with E-state index in [0.717, 1.165) is 42.6 Å². The van der Waals surface area contributed by atoms with Crippen molar-refractivity contribution in [1.29, 1.82) is 0 Å². The van der Waals surface area contributed by atoms with Crippen LogP contribution in [-0.2, 0) is 9.53 Å². The average Bonchev–Trinajstić information content (AvgIpc) is 3.28. The van der Waals surface area contributed by atoms with E-state index in [1.807, 2.05) is 29.2 Å². The summed E-state index contributed by atoms with van der Waals surface area (Å²) >= 11 is 0. The van der Waals surface area contributed by atoms with Gasteiger partial charge in [0.25, 0.3) is 0 Å². The molecule has 2 fully saturated rings. The number of aromatic nitrogens is 1. The van der Waals surface area contributed by atoms with E-state index < -0.39 is 5.91 Å². The number of pyridine rings is 1. The second kappa shape index (κ2) is 8.10. The molecule has 2 aromatic rings. The molecule has 1 saturated carbocycles. The number of hydrogen-bond acceptors (Lipinski definition) is 4. The van der Waals surface area contributed by atoms with Crippen LogP contribution in [0.3, 0.4) is 0 Å². The number of nitrogens with two attached hydrogens (primary N) is 1. The summed E-state index contributed by atoms with van der Waals surface area (Å²) in [6, 6.07) is 12.9. The van der Waals surface area contributed by atoms with Crippen molar-refractivity contribution < 1.29 is 14.3 Å². The normalized spacial score (nSPS) is 20.3. The first-order valence-corrected chi connectivity index (χ1v) is 9.89. The van der Waals surface area contributed by atoms with Gasteiger partial charge in [0.1, 0.15) is 6.10 Å². The molecule has 6 nitrogen and oxygen atoms in total. The van der Waals surface area contributed by atoms with Crippen molar-refractivity contribution in [2.45, 2.75) is 31.8 Å². The predicted octanol–water partition coefficient (Wildman–Crippen LogP) is 2.94. The molecule has 1 atom stereocenters. The Morgan fingerprint density at radius 2 is 1.89 bits per heavy atom. The van der Waals surface area contributed by atoms with Gasteiger partial charge in [0.05, 0.1) is 24.5 Å². The Balaban J connectivity index is 1.53. The van der Waals surface area contributed by atoms with Gasteiger partial charge < -0.3 is 15.4 Å². The lowest BCUT2D eigenvalue weighted by Gasteiger charge is -2.34. The van der Waals surface area contributed by atoms with E-state index in [1.165, 1.54) is 0 Å². The molecule has 1 aliphatic heterocycles. The summed E-state index contributed by atoms with van der Waals surface area (Å²) in [5.74, 6) is -0.0274. The van der Waals surface area contributed by atoms with Gasteiger partial charge in [-0.25, -0.2) is 4.98 Å². The van der Waals surface area contributed by atoms with Gasteiger partial charge in [0.15, 0.2) is 0 Å². The third-order valence-corrected chi connectivity index (χ3v) is 5.63. The van der Waals surface area contributed by atoms with Gasteiger partial charge in [0, 0.05) is 23.6 Å². The maximum absolute atomic E-state index is 12.8. The summed E-state index contributed by atoms with van der Waals surface area (Å²) in [4.78, 5) is 30.9. The van der Waals surface area contributed by atoms with Crippen LogP contribution in [0.1, 0.15) is 47.8 Å². The van der Waals surface area contributed by atoms with Gasteiger partial charge in [-0.15, -0.1) is 0 Å². The Hall–Kier alpha value is -2.73. The number of amides is 2. The molecule has 1 aromatic heterocycles. The fraction of sp³-hybridized carbons (Fsp3) is 0.409. The smallest absolute Gasteiger partial charge is 0.248 e. The van der Waals surface area contributed by atoms with Crippen LogP contribution in [0.5, 0.6) is 0 Å². The first kappa shape index (κ1) is 18.6. The standard InChI is InChI=1S/C22H25N3O3/c23-21(26)17-8-3-7-16(13-17)18-9-4-10-19(24-18)20-14-25(11-12-28-20)22(27)15-5-1-2-6-15/h3-4,7-10,13,15,20H,1-2,5-6,11-12,14H2,(H2,23,26)/t20-/m0/s1. The lowest BCUT2D eigenvalue weighted by Crippen LogP contribution is -2.44. The minimum absolute atomic E-state index is 0.176. The molecule has 2 N–H and O–H groups in total. The van der Waals surface area contributed by atoms with Gasteiger partial charge in [-0.1, -0.05) is 31.0 Å².